The lowest BCUT2D eigenvalue weighted by atomic mass is 10.2. The highest BCUT2D eigenvalue weighted by Gasteiger charge is 2.16. The van der Waals surface area contributed by atoms with Gasteiger partial charge in [0, 0.05) is 11.8 Å². The zero-order valence-electron chi connectivity index (χ0n) is 14.5. The summed E-state index contributed by atoms with van der Waals surface area (Å²) in [6, 6.07) is 8.77. The summed E-state index contributed by atoms with van der Waals surface area (Å²) < 4.78 is 12.7. The van der Waals surface area contributed by atoms with E-state index in [1.807, 2.05) is 35.7 Å². The average Bonchev–Trinajstić information content (AvgIpc) is 3.07. The van der Waals surface area contributed by atoms with E-state index in [1.165, 1.54) is 7.11 Å². The molecule has 2 heterocycles. The Bertz CT molecular complexity index is 926. The normalized spacial score (nSPS) is 10.7. The van der Waals surface area contributed by atoms with E-state index in [1.54, 1.807) is 12.1 Å². The van der Waals surface area contributed by atoms with Crippen molar-refractivity contribution in [3.05, 3.63) is 52.9 Å². The van der Waals surface area contributed by atoms with E-state index < -0.39 is 0 Å². The summed E-state index contributed by atoms with van der Waals surface area (Å²) in [6.07, 6.45) is 2.69. The number of fused-ring (bicyclic) bond motifs is 1. The molecule has 3 aromatic rings. The quantitative estimate of drug-likeness (QED) is 0.687. The van der Waals surface area contributed by atoms with Crippen molar-refractivity contribution in [2.24, 2.45) is 0 Å². The molecule has 0 aliphatic carbocycles. The van der Waals surface area contributed by atoms with Gasteiger partial charge in [0.25, 0.3) is 5.91 Å². The fraction of sp³-hybridized carbons (Fsp3) is 0.278. The molecule has 8 heteroatoms. The zero-order valence-corrected chi connectivity index (χ0v) is 15.3. The maximum atomic E-state index is 12.5. The van der Waals surface area contributed by atoms with Gasteiger partial charge in [-0.25, -0.2) is 0 Å². The Morgan fingerprint density at radius 1 is 1.31 bits per heavy atom. The molecule has 0 bridgehead atoms. The minimum Gasteiger partial charge on any atom is -0.493 e. The summed E-state index contributed by atoms with van der Waals surface area (Å²) in [7, 11) is 1.51. The van der Waals surface area contributed by atoms with Crippen LogP contribution >= 0.6 is 11.6 Å². The molecule has 136 valence electrons. The first-order valence-electron chi connectivity index (χ1n) is 8.21. The van der Waals surface area contributed by atoms with Gasteiger partial charge >= 0.3 is 0 Å². The molecule has 1 aromatic carbocycles. The van der Waals surface area contributed by atoms with Crippen molar-refractivity contribution in [1.29, 1.82) is 0 Å². The lowest BCUT2D eigenvalue weighted by molar-refractivity contribution is 0.0949. The van der Waals surface area contributed by atoms with Crippen LogP contribution in [0.25, 0.3) is 5.65 Å². The summed E-state index contributed by atoms with van der Waals surface area (Å²) in [5.41, 5.74) is 1.10. The summed E-state index contributed by atoms with van der Waals surface area (Å²) in [6.45, 7) is 2.75. The number of nitrogens with zero attached hydrogens (tertiary/aromatic N) is 3. The second kappa shape index (κ2) is 8.05. The standard InChI is InChI=1S/C18H19ClN4O3/c1-3-8-26-17-13(19)9-12(10-14(17)25-2)18(24)20-11-16-22-21-15-6-4-5-7-23(15)16/h4-7,9-10H,3,8,11H2,1-2H3,(H,20,24). The number of rotatable bonds is 7. The Labute approximate surface area is 155 Å². The van der Waals surface area contributed by atoms with Crippen molar-refractivity contribution >= 4 is 23.2 Å². The number of ether oxygens (including phenoxy) is 2. The van der Waals surface area contributed by atoms with Crippen LogP contribution in [-0.4, -0.2) is 34.2 Å². The lowest BCUT2D eigenvalue weighted by Crippen LogP contribution is -2.24. The molecule has 0 saturated heterocycles. The third kappa shape index (κ3) is 3.72. The maximum Gasteiger partial charge on any atom is 0.251 e. The van der Waals surface area contributed by atoms with Crippen LogP contribution in [0.5, 0.6) is 11.5 Å². The van der Waals surface area contributed by atoms with Gasteiger partial charge in [-0.3, -0.25) is 9.20 Å². The van der Waals surface area contributed by atoms with Gasteiger partial charge in [0.05, 0.1) is 25.3 Å². The number of hydrogen-bond acceptors (Lipinski definition) is 5. The molecule has 2 aromatic heterocycles. The van der Waals surface area contributed by atoms with Gasteiger partial charge in [-0.2, -0.15) is 0 Å². The van der Waals surface area contributed by atoms with Crippen LogP contribution < -0.4 is 14.8 Å². The van der Waals surface area contributed by atoms with Crippen LogP contribution in [0.1, 0.15) is 29.5 Å². The molecule has 1 amide bonds. The van der Waals surface area contributed by atoms with Crippen LogP contribution in [-0.2, 0) is 6.54 Å². The zero-order chi connectivity index (χ0) is 18.5. The van der Waals surface area contributed by atoms with Gasteiger partial charge in [-0.05, 0) is 30.7 Å². The number of halogens is 1. The average molecular weight is 375 g/mol. The predicted octanol–water partition coefficient (Wildman–Crippen LogP) is 3.11. The van der Waals surface area contributed by atoms with E-state index in [9.17, 15) is 4.79 Å². The van der Waals surface area contributed by atoms with Crippen LogP contribution in [0, 0.1) is 0 Å². The van der Waals surface area contributed by atoms with Crippen molar-refractivity contribution in [3.8, 4) is 11.5 Å². The van der Waals surface area contributed by atoms with Crippen molar-refractivity contribution in [2.75, 3.05) is 13.7 Å². The molecule has 0 aliphatic rings. The summed E-state index contributed by atoms with van der Waals surface area (Å²) in [5.74, 6) is 1.20. The van der Waals surface area contributed by atoms with Crippen LogP contribution in [0.15, 0.2) is 36.5 Å². The molecule has 26 heavy (non-hydrogen) atoms. The molecular formula is C18H19ClN4O3. The highest BCUT2D eigenvalue weighted by molar-refractivity contribution is 6.32. The maximum absolute atomic E-state index is 12.5. The Morgan fingerprint density at radius 2 is 2.15 bits per heavy atom. The fourth-order valence-electron chi connectivity index (χ4n) is 2.47. The van der Waals surface area contributed by atoms with Gasteiger partial charge in [0.1, 0.15) is 0 Å². The number of hydrogen-bond donors (Lipinski definition) is 1. The van der Waals surface area contributed by atoms with Crippen LogP contribution in [0.3, 0.4) is 0 Å². The largest absolute Gasteiger partial charge is 0.493 e. The minimum atomic E-state index is -0.292. The van der Waals surface area contributed by atoms with Gasteiger partial charge < -0.3 is 14.8 Å². The van der Waals surface area contributed by atoms with Gasteiger partial charge in [0.15, 0.2) is 23.0 Å². The molecule has 0 radical (unpaired) electrons. The number of carbonyl (C=O) groups excluding carboxylic acids is 1. The highest BCUT2D eigenvalue weighted by Crippen LogP contribution is 2.36. The van der Waals surface area contributed by atoms with Crippen molar-refractivity contribution in [1.82, 2.24) is 19.9 Å². The summed E-state index contributed by atoms with van der Waals surface area (Å²) in [5, 5.41) is 11.3. The number of aromatic nitrogens is 3. The smallest absolute Gasteiger partial charge is 0.251 e. The molecular weight excluding hydrogens is 356 g/mol. The van der Waals surface area contributed by atoms with E-state index in [2.05, 4.69) is 15.5 Å². The second-order valence-electron chi connectivity index (χ2n) is 5.57. The van der Waals surface area contributed by atoms with Crippen LogP contribution in [0.4, 0.5) is 0 Å². The van der Waals surface area contributed by atoms with Crippen molar-refractivity contribution in [2.45, 2.75) is 19.9 Å². The number of benzene rings is 1. The topological polar surface area (TPSA) is 77.8 Å². The van der Waals surface area contributed by atoms with E-state index in [0.717, 1.165) is 12.1 Å². The number of methoxy groups -OCH3 is 1. The van der Waals surface area contributed by atoms with Gasteiger partial charge in [-0.15, -0.1) is 10.2 Å². The molecule has 0 atom stereocenters. The second-order valence-corrected chi connectivity index (χ2v) is 5.97. The molecule has 1 N–H and O–H groups in total. The fourth-order valence-corrected chi connectivity index (χ4v) is 2.73. The first kappa shape index (κ1) is 18.0. The van der Waals surface area contributed by atoms with E-state index in [0.29, 0.717) is 34.5 Å². The predicted molar refractivity (Wildman–Crippen MR) is 97.9 cm³/mol. The number of nitrogens with one attached hydrogen (secondary N) is 1. The Kier molecular flexibility index (Phi) is 5.58. The number of amides is 1. The summed E-state index contributed by atoms with van der Waals surface area (Å²) >= 11 is 6.26. The molecule has 0 fully saturated rings. The monoisotopic (exact) mass is 374 g/mol. The van der Waals surface area contributed by atoms with E-state index >= 15 is 0 Å². The molecule has 0 unspecified atom stereocenters. The Hall–Kier alpha value is -2.80. The Morgan fingerprint density at radius 3 is 2.92 bits per heavy atom. The molecule has 3 rings (SSSR count). The molecule has 0 spiro atoms. The highest BCUT2D eigenvalue weighted by atomic mass is 35.5. The minimum absolute atomic E-state index is 0.234. The van der Waals surface area contributed by atoms with Gasteiger partial charge in [-0.1, -0.05) is 24.6 Å². The third-order valence-electron chi connectivity index (χ3n) is 3.73. The number of pyridine rings is 1. The van der Waals surface area contributed by atoms with Crippen molar-refractivity contribution in [3.63, 3.8) is 0 Å². The lowest BCUT2D eigenvalue weighted by Gasteiger charge is -2.13. The SMILES string of the molecule is CCCOc1c(Cl)cc(C(=O)NCc2nnc3ccccn23)cc1OC. The van der Waals surface area contributed by atoms with Crippen molar-refractivity contribution < 1.29 is 14.3 Å². The van der Waals surface area contributed by atoms with E-state index in [4.69, 9.17) is 21.1 Å². The third-order valence-corrected chi connectivity index (χ3v) is 4.01. The first-order valence-corrected chi connectivity index (χ1v) is 8.59. The first-order chi connectivity index (χ1) is 12.6. The Balaban J connectivity index is 1.76. The molecule has 0 saturated carbocycles. The van der Waals surface area contributed by atoms with E-state index in [-0.39, 0.29) is 12.5 Å². The number of carbonyl (C=O) groups is 1. The summed E-state index contributed by atoms with van der Waals surface area (Å²) in [4.78, 5) is 12.5. The van der Waals surface area contributed by atoms with Gasteiger partial charge in [0.2, 0.25) is 0 Å². The molecule has 7 nitrogen and oxygen atoms in total. The molecule has 0 aliphatic heterocycles. The van der Waals surface area contributed by atoms with Crippen LogP contribution in [0.2, 0.25) is 5.02 Å².